The van der Waals surface area contributed by atoms with E-state index in [1.807, 2.05) is 40.8 Å². The second kappa shape index (κ2) is 6.19. The Morgan fingerprint density at radius 3 is 2.53 bits per heavy atom. The molecule has 2 aromatic carbocycles. The predicted molar refractivity (Wildman–Crippen MR) is 90.9 cm³/mol. The van der Waals surface area contributed by atoms with E-state index in [0.29, 0.717) is 3.57 Å². The number of hydrogen-bond acceptors (Lipinski definition) is 3. The second-order valence-corrected chi connectivity index (χ2v) is 6.60. The molecule has 0 heterocycles. The molecular weight excluding hydrogens is 491 g/mol. The topological polar surface area (TPSA) is 55.2 Å². The molecule has 0 aliphatic carbocycles. The number of benzene rings is 2. The molecule has 2 rings (SSSR count). The van der Waals surface area contributed by atoms with E-state index in [1.165, 1.54) is 6.07 Å². The van der Waals surface area contributed by atoms with Crippen LogP contribution in [0.15, 0.2) is 45.3 Å². The van der Waals surface area contributed by atoms with E-state index in [-0.39, 0.29) is 10.6 Å². The van der Waals surface area contributed by atoms with E-state index in [2.05, 4.69) is 37.2 Å². The zero-order valence-electron chi connectivity index (χ0n) is 9.36. The number of nitro benzene ring substituents is 1. The monoisotopic (exact) mass is 496 g/mol. The average molecular weight is 498 g/mol. The van der Waals surface area contributed by atoms with Gasteiger partial charge in [-0.2, -0.15) is 0 Å². The molecule has 0 saturated carbocycles. The summed E-state index contributed by atoms with van der Waals surface area (Å²) in [5.41, 5.74) is 1.80. The summed E-state index contributed by atoms with van der Waals surface area (Å²) >= 11 is 8.81. The minimum Gasteiger partial charge on any atom is -0.355 e. The van der Waals surface area contributed by atoms with Crippen molar-refractivity contribution in [3.63, 3.8) is 0 Å². The fraction of sp³-hybridized carbons (Fsp3) is 0. The summed E-state index contributed by atoms with van der Waals surface area (Å²) in [6, 6.07) is 10.7. The van der Waals surface area contributed by atoms with Crippen LogP contribution in [0.2, 0.25) is 0 Å². The van der Waals surface area contributed by atoms with E-state index in [1.54, 1.807) is 12.1 Å². The maximum Gasteiger partial charge on any atom is 0.282 e. The lowest BCUT2D eigenvalue weighted by molar-refractivity contribution is -0.385. The quantitative estimate of drug-likeness (QED) is 0.348. The predicted octanol–water partition coefficient (Wildman–Crippen LogP) is 5.47. The Kier molecular flexibility index (Phi) is 4.80. The Hall–Kier alpha value is -0.670. The number of rotatable bonds is 3. The molecule has 0 atom stereocenters. The van der Waals surface area contributed by atoms with Crippen LogP contribution in [0.3, 0.4) is 0 Å². The number of halogens is 3. The summed E-state index contributed by atoms with van der Waals surface area (Å²) < 4.78 is 2.47. The standard InChI is InChI=1S/C12H7Br2IN2O2/c13-7-1-3-9(14)11(5-7)16-8-2-4-12(17(18)19)10(15)6-8/h1-6,16H. The van der Waals surface area contributed by atoms with Gasteiger partial charge in [0.25, 0.3) is 5.69 Å². The highest BCUT2D eigenvalue weighted by Gasteiger charge is 2.12. The molecule has 7 heteroatoms. The van der Waals surface area contributed by atoms with Gasteiger partial charge in [0.15, 0.2) is 0 Å². The zero-order chi connectivity index (χ0) is 14.0. The number of nitro groups is 1. The Balaban J connectivity index is 2.31. The highest BCUT2D eigenvalue weighted by atomic mass is 127. The molecule has 0 radical (unpaired) electrons. The van der Waals surface area contributed by atoms with E-state index in [9.17, 15) is 10.1 Å². The summed E-state index contributed by atoms with van der Waals surface area (Å²) in [4.78, 5) is 10.4. The Bertz CT molecular complexity index is 650. The van der Waals surface area contributed by atoms with E-state index in [4.69, 9.17) is 0 Å². The summed E-state index contributed by atoms with van der Waals surface area (Å²) in [5, 5.41) is 14.0. The van der Waals surface area contributed by atoms with Crippen LogP contribution in [0.4, 0.5) is 17.1 Å². The lowest BCUT2D eigenvalue weighted by atomic mass is 10.2. The van der Waals surface area contributed by atoms with Gasteiger partial charge >= 0.3 is 0 Å². The average Bonchev–Trinajstić information content (AvgIpc) is 2.33. The minimum absolute atomic E-state index is 0.111. The Morgan fingerprint density at radius 1 is 1.16 bits per heavy atom. The first-order chi connectivity index (χ1) is 8.97. The van der Waals surface area contributed by atoms with Gasteiger partial charge in [0.05, 0.1) is 14.2 Å². The Morgan fingerprint density at radius 2 is 1.89 bits per heavy atom. The number of hydrogen-bond donors (Lipinski definition) is 1. The van der Waals surface area contributed by atoms with Crippen LogP contribution in [-0.2, 0) is 0 Å². The molecule has 0 aliphatic rings. The SMILES string of the molecule is O=[N+]([O-])c1ccc(Nc2cc(Br)ccc2Br)cc1I. The number of nitrogens with zero attached hydrogens (tertiary/aromatic N) is 1. The molecule has 19 heavy (non-hydrogen) atoms. The van der Waals surface area contributed by atoms with Crippen LogP contribution in [0.1, 0.15) is 0 Å². The largest absolute Gasteiger partial charge is 0.355 e. The van der Waals surface area contributed by atoms with Gasteiger partial charge in [-0.25, -0.2) is 0 Å². The molecule has 0 saturated heterocycles. The molecule has 0 bridgehead atoms. The van der Waals surface area contributed by atoms with Crippen molar-refractivity contribution in [3.05, 3.63) is 59.0 Å². The van der Waals surface area contributed by atoms with Crippen molar-refractivity contribution in [3.8, 4) is 0 Å². The van der Waals surface area contributed by atoms with Crippen molar-refractivity contribution in [1.29, 1.82) is 0 Å². The highest BCUT2D eigenvalue weighted by molar-refractivity contribution is 14.1. The van der Waals surface area contributed by atoms with Gasteiger partial charge in [-0.3, -0.25) is 10.1 Å². The van der Waals surface area contributed by atoms with Crippen molar-refractivity contribution >= 4 is 71.5 Å². The highest BCUT2D eigenvalue weighted by Crippen LogP contribution is 2.31. The van der Waals surface area contributed by atoms with Gasteiger partial charge in [-0.1, -0.05) is 15.9 Å². The molecule has 0 amide bonds. The fourth-order valence-corrected chi connectivity index (χ4v) is 2.90. The molecule has 0 aliphatic heterocycles. The van der Waals surface area contributed by atoms with E-state index < -0.39 is 0 Å². The molecule has 0 spiro atoms. The number of nitrogens with one attached hydrogen (secondary N) is 1. The van der Waals surface area contributed by atoms with Gasteiger partial charge in [-0.15, -0.1) is 0 Å². The summed E-state index contributed by atoms with van der Waals surface area (Å²) in [7, 11) is 0. The first-order valence-corrected chi connectivity index (χ1v) is 7.80. The van der Waals surface area contributed by atoms with Crippen molar-refractivity contribution in [2.24, 2.45) is 0 Å². The summed E-state index contributed by atoms with van der Waals surface area (Å²) in [6.07, 6.45) is 0. The molecule has 0 unspecified atom stereocenters. The number of anilines is 2. The third-order valence-electron chi connectivity index (χ3n) is 2.35. The maximum absolute atomic E-state index is 10.8. The smallest absolute Gasteiger partial charge is 0.282 e. The molecule has 4 nitrogen and oxygen atoms in total. The van der Waals surface area contributed by atoms with Crippen molar-refractivity contribution in [1.82, 2.24) is 0 Å². The maximum atomic E-state index is 10.8. The van der Waals surface area contributed by atoms with Gasteiger partial charge in [0.1, 0.15) is 0 Å². The lowest BCUT2D eigenvalue weighted by Gasteiger charge is -2.09. The van der Waals surface area contributed by atoms with Gasteiger partial charge < -0.3 is 5.32 Å². The molecule has 98 valence electrons. The van der Waals surface area contributed by atoms with Gasteiger partial charge in [-0.05, 0) is 68.9 Å². The van der Waals surface area contributed by atoms with E-state index in [0.717, 1.165) is 20.3 Å². The first kappa shape index (κ1) is 14.7. The lowest BCUT2D eigenvalue weighted by Crippen LogP contribution is -1.95. The zero-order valence-corrected chi connectivity index (χ0v) is 14.7. The van der Waals surface area contributed by atoms with Gasteiger partial charge in [0, 0.05) is 20.7 Å². The van der Waals surface area contributed by atoms with Crippen molar-refractivity contribution in [2.45, 2.75) is 0 Å². The summed E-state index contributed by atoms with van der Waals surface area (Å²) in [6.45, 7) is 0. The fourth-order valence-electron chi connectivity index (χ4n) is 1.48. The molecule has 0 fully saturated rings. The van der Waals surface area contributed by atoms with Crippen molar-refractivity contribution in [2.75, 3.05) is 5.32 Å². The third kappa shape index (κ3) is 3.67. The Labute approximate surface area is 140 Å². The summed E-state index contributed by atoms with van der Waals surface area (Å²) in [5.74, 6) is 0. The van der Waals surface area contributed by atoms with Crippen LogP contribution >= 0.6 is 54.5 Å². The molecular formula is C12H7Br2IN2O2. The normalized spacial score (nSPS) is 10.3. The van der Waals surface area contributed by atoms with Crippen LogP contribution < -0.4 is 5.32 Å². The molecule has 0 aromatic heterocycles. The van der Waals surface area contributed by atoms with E-state index >= 15 is 0 Å². The first-order valence-electron chi connectivity index (χ1n) is 5.13. The van der Waals surface area contributed by atoms with Crippen LogP contribution in [0.5, 0.6) is 0 Å². The van der Waals surface area contributed by atoms with Crippen LogP contribution in [-0.4, -0.2) is 4.92 Å². The minimum atomic E-state index is -0.388. The van der Waals surface area contributed by atoms with Crippen LogP contribution in [0, 0.1) is 13.7 Å². The van der Waals surface area contributed by atoms with Crippen molar-refractivity contribution < 1.29 is 4.92 Å². The second-order valence-electron chi connectivity index (χ2n) is 3.67. The van der Waals surface area contributed by atoms with Gasteiger partial charge in [0.2, 0.25) is 0 Å². The molecule has 1 N–H and O–H groups in total. The molecule has 2 aromatic rings. The third-order valence-corrected chi connectivity index (χ3v) is 4.40. The van der Waals surface area contributed by atoms with Crippen LogP contribution in [0.25, 0.3) is 0 Å².